The molecule has 2 nitrogen and oxygen atoms in total. The molecule has 20 heavy (non-hydrogen) atoms. The maximum absolute atomic E-state index is 12.4. The third kappa shape index (κ3) is 2.85. The number of benzene rings is 1. The molecule has 1 aromatic carbocycles. The van der Waals surface area contributed by atoms with Crippen molar-refractivity contribution in [2.45, 2.75) is 18.5 Å². The molecular weight excluding hydrogens is 311 g/mol. The lowest BCUT2D eigenvalue weighted by molar-refractivity contribution is -0.165. The molecule has 1 rings (SSSR count). The van der Waals surface area contributed by atoms with Crippen LogP contribution in [0.3, 0.4) is 0 Å². The highest BCUT2D eigenvalue weighted by atomic mass is 19.4. The summed E-state index contributed by atoms with van der Waals surface area (Å²) in [5.74, 6) is -4.88. The third-order valence-corrected chi connectivity index (χ3v) is 2.15. The molecule has 0 bridgehead atoms. The molecule has 0 aromatic heterocycles. The molecule has 0 heterocycles. The molecule has 0 atom stereocenters. The maximum Gasteiger partial charge on any atom is 0.423 e. The first kappa shape index (κ1) is 16.2. The van der Waals surface area contributed by atoms with Crippen LogP contribution in [0.15, 0.2) is 6.07 Å². The summed E-state index contributed by atoms with van der Waals surface area (Å²) in [4.78, 5) is 0. The first-order valence-electron chi connectivity index (χ1n) is 4.48. The van der Waals surface area contributed by atoms with E-state index in [1.165, 1.54) is 0 Å². The van der Waals surface area contributed by atoms with Crippen molar-refractivity contribution < 1.29 is 49.7 Å². The van der Waals surface area contributed by atoms with Crippen LogP contribution in [0.4, 0.5) is 39.5 Å². The third-order valence-electron chi connectivity index (χ3n) is 2.15. The van der Waals surface area contributed by atoms with E-state index in [0.717, 1.165) is 0 Å². The van der Waals surface area contributed by atoms with Crippen molar-refractivity contribution in [3.8, 4) is 11.5 Å². The number of hydrogen-bond acceptors (Lipinski definition) is 2. The zero-order chi connectivity index (χ0) is 16.1. The number of phenolic OH excluding ortho intramolecular Hbond substituents is 2. The molecule has 11 heteroatoms. The summed E-state index contributed by atoms with van der Waals surface area (Å²) in [5.41, 5.74) is -8.11. The summed E-state index contributed by atoms with van der Waals surface area (Å²) in [6.07, 6.45) is -17.3. The van der Waals surface area contributed by atoms with Gasteiger partial charge in [-0.2, -0.15) is 39.5 Å². The average molecular weight is 314 g/mol. The molecule has 114 valence electrons. The fraction of sp³-hybridized carbons (Fsp3) is 0.333. The van der Waals surface area contributed by atoms with Crippen LogP contribution in [0.25, 0.3) is 0 Å². The minimum atomic E-state index is -5.90. The fourth-order valence-electron chi connectivity index (χ4n) is 1.44. The number of alkyl halides is 9. The lowest BCUT2D eigenvalue weighted by Crippen LogP contribution is -2.19. The van der Waals surface area contributed by atoms with E-state index in [9.17, 15) is 39.5 Å². The van der Waals surface area contributed by atoms with Crippen LogP contribution in [-0.4, -0.2) is 10.2 Å². The highest BCUT2D eigenvalue weighted by molar-refractivity contribution is 5.56. The second-order valence-electron chi connectivity index (χ2n) is 3.54. The number of phenols is 2. The predicted octanol–water partition coefficient (Wildman–Crippen LogP) is 4.15. The summed E-state index contributed by atoms with van der Waals surface area (Å²) in [5, 5.41) is 17.7. The van der Waals surface area contributed by atoms with E-state index >= 15 is 0 Å². The molecule has 0 aliphatic heterocycles. The van der Waals surface area contributed by atoms with Gasteiger partial charge in [0.15, 0.2) is 0 Å². The van der Waals surface area contributed by atoms with E-state index in [4.69, 9.17) is 10.2 Å². The lowest BCUT2D eigenvalue weighted by atomic mass is 9.99. The minimum absolute atomic E-state index is 0.731. The maximum atomic E-state index is 12.4. The Morgan fingerprint density at radius 1 is 0.650 bits per heavy atom. The van der Waals surface area contributed by atoms with Crippen LogP contribution >= 0.6 is 0 Å². The number of rotatable bonds is 0. The highest BCUT2D eigenvalue weighted by Crippen LogP contribution is 2.52. The van der Waals surface area contributed by atoms with Crippen LogP contribution in [-0.2, 0) is 18.5 Å². The molecule has 0 radical (unpaired) electrons. The van der Waals surface area contributed by atoms with Gasteiger partial charge in [0, 0.05) is 0 Å². The number of aromatic hydroxyl groups is 2. The summed E-state index contributed by atoms with van der Waals surface area (Å²) >= 11 is 0. The Labute approximate surface area is 104 Å². The topological polar surface area (TPSA) is 40.5 Å². The van der Waals surface area contributed by atoms with Crippen molar-refractivity contribution in [2.75, 3.05) is 0 Å². The number of halogens is 9. The van der Waals surface area contributed by atoms with E-state index in [1.807, 2.05) is 0 Å². The Morgan fingerprint density at radius 2 is 1.05 bits per heavy atom. The van der Waals surface area contributed by atoms with E-state index in [0.29, 0.717) is 0 Å². The quantitative estimate of drug-likeness (QED) is 0.706. The fourth-order valence-corrected chi connectivity index (χ4v) is 1.44. The van der Waals surface area contributed by atoms with Crippen molar-refractivity contribution in [2.24, 2.45) is 0 Å². The number of hydrogen-bond donors (Lipinski definition) is 2. The Hall–Kier alpha value is -1.81. The Balaban J connectivity index is 3.86. The largest absolute Gasteiger partial charge is 0.507 e. The first-order chi connectivity index (χ1) is 8.67. The monoisotopic (exact) mass is 314 g/mol. The zero-order valence-corrected chi connectivity index (χ0v) is 8.87. The van der Waals surface area contributed by atoms with Crippen molar-refractivity contribution in [3.05, 3.63) is 22.8 Å². The molecule has 0 unspecified atom stereocenters. The van der Waals surface area contributed by atoms with E-state index in [1.54, 1.807) is 0 Å². The molecule has 0 saturated carbocycles. The van der Waals surface area contributed by atoms with Gasteiger partial charge in [0.25, 0.3) is 0 Å². The second kappa shape index (κ2) is 4.35. The van der Waals surface area contributed by atoms with E-state index in [-0.39, 0.29) is 0 Å². The highest BCUT2D eigenvalue weighted by Gasteiger charge is 2.50. The van der Waals surface area contributed by atoms with Gasteiger partial charge in [-0.3, -0.25) is 0 Å². The normalized spacial score (nSPS) is 13.7. The first-order valence-corrected chi connectivity index (χ1v) is 4.48. The van der Waals surface area contributed by atoms with E-state index < -0.39 is 52.8 Å². The van der Waals surface area contributed by atoms with Crippen molar-refractivity contribution in [3.63, 3.8) is 0 Å². The van der Waals surface area contributed by atoms with Gasteiger partial charge in [0.2, 0.25) is 0 Å². The predicted molar refractivity (Wildman–Crippen MR) is 44.8 cm³/mol. The van der Waals surface area contributed by atoms with Crippen molar-refractivity contribution in [1.82, 2.24) is 0 Å². The Bertz CT molecular complexity index is 524. The van der Waals surface area contributed by atoms with Gasteiger partial charge in [-0.1, -0.05) is 0 Å². The summed E-state index contributed by atoms with van der Waals surface area (Å²) in [7, 11) is 0. The van der Waals surface area contributed by atoms with Gasteiger partial charge >= 0.3 is 18.5 Å². The van der Waals surface area contributed by atoms with Gasteiger partial charge in [-0.15, -0.1) is 0 Å². The molecule has 0 aliphatic rings. The van der Waals surface area contributed by atoms with Crippen LogP contribution < -0.4 is 0 Å². The van der Waals surface area contributed by atoms with Crippen LogP contribution in [0, 0.1) is 0 Å². The molecule has 1 aromatic rings. The Morgan fingerprint density at radius 3 is 1.35 bits per heavy atom. The molecule has 2 N–H and O–H groups in total. The molecule has 0 spiro atoms. The van der Waals surface area contributed by atoms with Gasteiger partial charge < -0.3 is 10.2 Å². The lowest BCUT2D eigenvalue weighted by Gasteiger charge is -2.20. The van der Waals surface area contributed by atoms with Gasteiger partial charge in [-0.25, -0.2) is 0 Å². The van der Waals surface area contributed by atoms with Gasteiger partial charge in [0.1, 0.15) is 22.6 Å². The smallest absolute Gasteiger partial charge is 0.423 e. The molecule has 0 saturated heterocycles. The molecular formula is C9H3F9O2. The Kier molecular flexibility index (Phi) is 3.53. The molecule has 0 aliphatic carbocycles. The van der Waals surface area contributed by atoms with Crippen LogP contribution in [0.1, 0.15) is 16.7 Å². The summed E-state index contributed by atoms with van der Waals surface area (Å²) in [6, 6.07) is -0.731. The zero-order valence-electron chi connectivity index (χ0n) is 8.87. The van der Waals surface area contributed by atoms with Crippen molar-refractivity contribution >= 4 is 0 Å². The van der Waals surface area contributed by atoms with E-state index in [2.05, 4.69) is 0 Å². The van der Waals surface area contributed by atoms with Crippen LogP contribution in [0.5, 0.6) is 11.5 Å². The van der Waals surface area contributed by atoms with Gasteiger partial charge in [0.05, 0.1) is 5.56 Å². The average Bonchev–Trinajstić information content (AvgIpc) is 2.09. The van der Waals surface area contributed by atoms with Crippen molar-refractivity contribution in [1.29, 1.82) is 0 Å². The minimum Gasteiger partial charge on any atom is -0.507 e. The van der Waals surface area contributed by atoms with Gasteiger partial charge in [-0.05, 0) is 6.07 Å². The second-order valence-corrected chi connectivity index (χ2v) is 3.54. The SMILES string of the molecule is Oc1cc(C(F)(F)F)c(C(F)(F)F)c(O)c1C(F)(F)F. The standard InChI is InChI=1S/C9H3F9O2/c10-7(11,12)2-1-3(19)5(9(16,17)18)6(20)4(2)8(13,14)15/h1,19-20H. The summed E-state index contributed by atoms with van der Waals surface area (Å²) in [6.45, 7) is 0. The van der Waals surface area contributed by atoms with Crippen LogP contribution in [0.2, 0.25) is 0 Å². The molecule has 0 amide bonds. The summed E-state index contributed by atoms with van der Waals surface area (Å²) < 4.78 is 111. The molecule has 0 fully saturated rings.